The van der Waals surface area contributed by atoms with Crippen molar-refractivity contribution in [2.75, 3.05) is 6.54 Å². The highest BCUT2D eigenvalue weighted by Gasteiger charge is 2.38. The number of carboxylic acids is 1. The summed E-state index contributed by atoms with van der Waals surface area (Å²) >= 11 is 1.41. The number of carbonyl (C=O) groups is 2. The minimum atomic E-state index is -5.08. The quantitative estimate of drug-likeness (QED) is 0.718. The number of halogens is 3. The summed E-state index contributed by atoms with van der Waals surface area (Å²) in [6.45, 7) is 2.88. The number of aryl methyl sites for hydroxylation is 1. The lowest BCUT2D eigenvalue weighted by Crippen LogP contribution is -2.22. The van der Waals surface area contributed by atoms with Gasteiger partial charge < -0.3 is 16.2 Å². The van der Waals surface area contributed by atoms with E-state index in [-0.39, 0.29) is 5.91 Å². The monoisotopic (exact) mass is 390 g/mol. The number of amides is 1. The van der Waals surface area contributed by atoms with Crippen molar-refractivity contribution in [2.45, 2.75) is 26.1 Å². The minimum Gasteiger partial charge on any atom is -0.475 e. The molecule has 2 aromatic rings. The van der Waals surface area contributed by atoms with E-state index in [2.05, 4.69) is 15.3 Å². The Morgan fingerprint density at radius 1 is 1.31 bits per heavy atom. The van der Waals surface area contributed by atoms with Crippen LogP contribution in [0.5, 0.6) is 0 Å². The number of nitrogens with zero attached hydrogens (tertiary/aromatic N) is 2. The highest BCUT2D eigenvalue weighted by atomic mass is 32.1. The number of carbonyl (C=O) groups excluding carboxylic acids is 1. The maximum absolute atomic E-state index is 12.1. The molecule has 0 fully saturated rings. The number of hydrogen-bond donors (Lipinski definition) is 3. The van der Waals surface area contributed by atoms with Gasteiger partial charge in [-0.1, -0.05) is 0 Å². The molecule has 7 nitrogen and oxygen atoms in total. The van der Waals surface area contributed by atoms with Gasteiger partial charge >= 0.3 is 12.1 Å². The van der Waals surface area contributed by atoms with Crippen molar-refractivity contribution in [3.8, 4) is 0 Å². The van der Waals surface area contributed by atoms with Crippen LogP contribution in [0, 0.1) is 6.92 Å². The van der Waals surface area contributed by atoms with E-state index in [4.69, 9.17) is 15.6 Å². The largest absolute Gasteiger partial charge is 0.490 e. The van der Waals surface area contributed by atoms with Gasteiger partial charge in [-0.2, -0.15) is 13.2 Å². The smallest absolute Gasteiger partial charge is 0.475 e. The number of nitrogens with two attached hydrogens (primary N) is 1. The average molecular weight is 390 g/mol. The number of aliphatic carboxylic acids is 1. The average Bonchev–Trinajstić information content (AvgIpc) is 2.94. The number of thiazole rings is 1. The van der Waals surface area contributed by atoms with Crippen LogP contribution in [-0.2, 0) is 17.8 Å². The molecule has 0 bridgehead atoms. The summed E-state index contributed by atoms with van der Waals surface area (Å²) in [5, 5.41) is 10.9. The van der Waals surface area contributed by atoms with Gasteiger partial charge in [0.25, 0.3) is 5.91 Å². The third kappa shape index (κ3) is 7.15. The first kappa shape index (κ1) is 21.5. The number of nitrogens with one attached hydrogen (secondary N) is 1. The first-order valence-electron chi connectivity index (χ1n) is 7.28. The van der Waals surface area contributed by atoms with Crippen LogP contribution in [0.25, 0.3) is 0 Å². The molecule has 0 atom stereocenters. The molecule has 0 aliphatic carbocycles. The predicted octanol–water partition coefficient (Wildman–Crippen LogP) is 1.91. The summed E-state index contributed by atoms with van der Waals surface area (Å²) in [4.78, 5) is 29.9. The summed E-state index contributed by atoms with van der Waals surface area (Å²) in [7, 11) is 0. The summed E-state index contributed by atoms with van der Waals surface area (Å²) in [6.07, 6.45) is -0.958. The van der Waals surface area contributed by atoms with E-state index in [1.807, 2.05) is 19.1 Å². The second-order valence-electron chi connectivity index (χ2n) is 4.90. The number of alkyl halides is 3. The molecule has 0 spiro atoms. The van der Waals surface area contributed by atoms with E-state index < -0.39 is 12.1 Å². The molecular formula is C15H17F3N4O3S. The van der Waals surface area contributed by atoms with Crippen molar-refractivity contribution in [1.82, 2.24) is 15.3 Å². The van der Waals surface area contributed by atoms with Crippen molar-refractivity contribution in [1.29, 1.82) is 0 Å². The summed E-state index contributed by atoms with van der Waals surface area (Å²) in [6, 6.07) is 3.75. The van der Waals surface area contributed by atoms with Gasteiger partial charge in [0, 0.05) is 25.4 Å². The third-order valence-electron chi connectivity index (χ3n) is 2.85. The van der Waals surface area contributed by atoms with Gasteiger partial charge in [0.05, 0.1) is 10.7 Å². The van der Waals surface area contributed by atoms with E-state index in [9.17, 15) is 18.0 Å². The molecule has 2 heterocycles. The van der Waals surface area contributed by atoms with Crippen LogP contribution in [0.15, 0.2) is 24.5 Å². The van der Waals surface area contributed by atoms with Crippen molar-refractivity contribution >= 4 is 23.2 Å². The number of rotatable bonds is 5. The SMILES string of the molecule is Cc1nc(CCN)sc1C(=O)NCc1ccncc1.O=C(O)C(F)(F)F. The van der Waals surface area contributed by atoms with Gasteiger partial charge in [-0.25, -0.2) is 9.78 Å². The van der Waals surface area contributed by atoms with Crippen molar-refractivity contribution < 1.29 is 27.9 Å². The van der Waals surface area contributed by atoms with Crippen LogP contribution >= 0.6 is 11.3 Å². The van der Waals surface area contributed by atoms with Gasteiger partial charge in [0.1, 0.15) is 4.88 Å². The van der Waals surface area contributed by atoms with Crippen LogP contribution in [0.4, 0.5) is 13.2 Å². The van der Waals surface area contributed by atoms with E-state index >= 15 is 0 Å². The molecule has 4 N–H and O–H groups in total. The Kier molecular flexibility index (Phi) is 8.13. The Morgan fingerprint density at radius 3 is 2.38 bits per heavy atom. The molecule has 2 aromatic heterocycles. The van der Waals surface area contributed by atoms with Crippen LogP contribution < -0.4 is 11.1 Å². The molecule has 11 heteroatoms. The van der Waals surface area contributed by atoms with Gasteiger partial charge in [0.15, 0.2) is 0 Å². The molecule has 0 aliphatic heterocycles. The van der Waals surface area contributed by atoms with Crippen LogP contribution in [0.3, 0.4) is 0 Å². The van der Waals surface area contributed by atoms with Crippen LogP contribution in [-0.4, -0.2) is 39.7 Å². The second kappa shape index (κ2) is 9.82. The summed E-state index contributed by atoms with van der Waals surface area (Å²) < 4.78 is 31.7. The maximum Gasteiger partial charge on any atom is 0.490 e. The topological polar surface area (TPSA) is 118 Å². The van der Waals surface area contributed by atoms with Crippen molar-refractivity contribution in [3.63, 3.8) is 0 Å². The van der Waals surface area contributed by atoms with Crippen LogP contribution in [0.1, 0.15) is 25.9 Å². The van der Waals surface area contributed by atoms with E-state index in [1.165, 1.54) is 11.3 Å². The van der Waals surface area contributed by atoms with E-state index in [0.717, 1.165) is 16.3 Å². The normalized spacial score (nSPS) is 10.7. The molecule has 0 saturated heterocycles. The minimum absolute atomic E-state index is 0.0879. The zero-order chi connectivity index (χ0) is 19.7. The Hall–Kier alpha value is -2.53. The molecule has 26 heavy (non-hydrogen) atoms. The van der Waals surface area contributed by atoms with Gasteiger partial charge in [0.2, 0.25) is 0 Å². The molecule has 0 radical (unpaired) electrons. The molecule has 142 valence electrons. The van der Waals surface area contributed by atoms with E-state index in [0.29, 0.717) is 24.4 Å². The lowest BCUT2D eigenvalue weighted by molar-refractivity contribution is -0.192. The fourth-order valence-electron chi connectivity index (χ4n) is 1.66. The lowest BCUT2D eigenvalue weighted by atomic mass is 10.2. The molecule has 0 aromatic carbocycles. The molecule has 0 aliphatic rings. The summed E-state index contributed by atoms with van der Waals surface area (Å²) in [5.41, 5.74) is 7.28. The molecule has 0 saturated carbocycles. The Balaban J connectivity index is 0.000000412. The van der Waals surface area contributed by atoms with Gasteiger partial charge in [-0.05, 0) is 31.2 Å². The fourth-order valence-corrected chi connectivity index (χ4v) is 2.65. The number of aromatic nitrogens is 2. The molecule has 2 rings (SSSR count). The highest BCUT2D eigenvalue weighted by molar-refractivity contribution is 7.13. The number of hydrogen-bond acceptors (Lipinski definition) is 6. The Bertz CT molecular complexity index is 735. The van der Waals surface area contributed by atoms with Crippen LogP contribution in [0.2, 0.25) is 0 Å². The van der Waals surface area contributed by atoms with E-state index in [1.54, 1.807) is 12.4 Å². The Labute approximate surface area is 151 Å². The lowest BCUT2D eigenvalue weighted by Gasteiger charge is -2.03. The Morgan fingerprint density at radius 2 is 1.88 bits per heavy atom. The van der Waals surface area contributed by atoms with Crippen molar-refractivity contribution in [3.05, 3.63) is 45.7 Å². The van der Waals surface area contributed by atoms with Gasteiger partial charge in [-0.15, -0.1) is 11.3 Å². The highest BCUT2D eigenvalue weighted by Crippen LogP contribution is 2.18. The third-order valence-corrected chi connectivity index (χ3v) is 4.07. The van der Waals surface area contributed by atoms with Gasteiger partial charge in [-0.3, -0.25) is 9.78 Å². The summed E-state index contributed by atoms with van der Waals surface area (Å²) in [5.74, 6) is -2.84. The standard InChI is InChI=1S/C13H16N4OS.C2HF3O2/c1-9-12(19-11(17-9)2-5-14)13(18)16-8-10-3-6-15-7-4-10;3-2(4,5)1(6)7/h3-4,6-7H,2,5,8,14H2,1H3,(H,16,18);(H,6,7). The number of carboxylic acid groups (broad SMARTS) is 1. The maximum atomic E-state index is 12.1. The molecular weight excluding hydrogens is 373 g/mol. The first-order valence-corrected chi connectivity index (χ1v) is 8.10. The fraction of sp³-hybridized carbons (Fsp3) is 0.333. The molecule has 1 amide bonds. The second-order valence-corrected chi connectivity index (χ2v) is 5.99. The first-order chi connectivity index (χ1) is 12.1. The zero-order valence-electron chi connectivity index (χ0n) is 13.7. The number of pyridine rings is 1. The predicted molar refractivity (Wildman–Crippen MR) is 88.7 cm³/mol. The zero-order valence-corrected chi connectivity index (χ0v) is 14.5. The molecule has 0 unspecified atom stereocenters. The van der Waals surface area contributed by atoms with Crippen molar-refractivity contribution in [2.24, 2.45) is 5.73 Å².